The van der Waals surface area contributed by atoms with Crippen LogP contribution >= 0.6 is 0 Å². The van der Waals surface area contributed by atoms with Gasteiger partial charge in [-0.25, -0.2) is 14.2 Å². The number of aromatic nitrogens is 4. The summed E-state index contributed by atoms with van der Waals surface area (Å²) in [5, 5.41) is 10.9. The maximum absolute atomic E-state index is 14.9. The molecular formula is C21H21FN6O2. The quantitative estimate of drug-likeness (QED) is 0.504. The lowest BCUT2D eigenvalue weighted by atomic mass is 10.1. The molecule has 0 bridgehead atoms. The second-order valence-electron chi connectivity index (χ2n) is 7.25. The Labute approximate surface area is 172 Å². The number of amides is 1. The molecule has 30 heavy (non-hydrogen) atoms. The monoisotopic (exact) mass is 408 g/mol. The summed E-state index contributed by atoms with van der Waals surface area (Å²) in [6, 6.07) is 5.48. The Morgan fingerprint density at radius 3 is 2.73 bits per heavy atom. The van der Waals surface area contributed by atoms with Crippen LogP contribution in [0.5, 0.6) is 0 Å². The highest BCUT2D eigenvalue weighted by Gasteiger charge is 2.24. The molecule has 0 saturated carbocycles. The highest BCUT2D eigenvalue weighted by atomic mass is 19.1. The van der Waals surface area contributed by atoms with Crippen molar-refractivity contribution in [3.05, 3.63) is 48.8 Å². The molecule has 4 aromatic rings. The van der Waals surface area contributed by atoms with Crippen LogP contribution in [0.4, 0.5) is 14.9 Å². The Balaban J connectivity index is 1.89. The lowest BCUT2D eigenvalue weighted by Crippen LogP contribution is -2.33. The number of nitrogens with one attached hydrogen (secondary N) is 1. The van der Waals surface area contributed by atoms with Crippen LogP contribution in [-0.2, 0) is 0 Å². The molecule has 0 aromatic carbocycles. The van der Waals surface area contributed by atoms with Gasteiger partial charge in [0.1, 0.15) is 5.65 Å². The standard InChI is InChI=1S/C21H21FN6O2/c1-27(2)7-4-8-28(21(29)30)19-15(22)11-25-20-18(19)14-9-16(24-12-17(14)26-20)13-5-3-6-23-10-13/h3,5-6,9-12H,4,7-8H2,1-2H3,(H,25,26)(H,29,30). The predicted octanol–water partition coefficient (Wildman–Crippen LogP) is 3.75. The molecule has 0 spiro atoms. The molecule has 0 aliphatic carbocycles. The summed E-state index contributed by atoms with van der Waals surface area (Å²) in [6.07, 6.45) is 5.39. The zero-order valence-corrected chi connectivity index (χ0v) is 16.6. The van der Waals surface area contributed by atoms with E-state index in [0.717, 1.165) is 16.7 Å². The zero-order chi connectivity index (χ0) is 21.3. The van der Waals surface area contributed by atoms with Gasteiger partial charge in [-0.1, -0.05) is 0 Å². The summed E-state index contributed by atoms with van der Waals surface area (Å²) < 4.78 is 14.9. The number of anilines is 1. The van der Waals surface area contributed by atoms with Crippen LogP contribution < -0.4 is 4.90 Å². The molecule has 0 radical (unpaired) electrons. The predicted molar refractivity (Wildman–Crippen MR) is 113 cm³/mol. The largest absolute Gasteiger partial charge is 0.465 e. The first kappa shape index (κ1) is 19.7. The molecule has 154 valence electrons. The summed E-state index contributed by atoms with van der Waals surface area (Å²) >= 11 is 0. The van der Waals surface area contributed by atoms with E-state index in [0.29, 0.717) is 40.6 Å². The molecule has 0 fully saturated rings. The minimum absolute atomic E-state index is 0.000780. The average molecular weight is 408 g/mol. The third-order valence-electron chi connectivity index (χ3n) is 4.88. The molecule has 4 heterocycles. The Hall–Kier alpha value is -3.59. The van der Waals surface area contributed by atoms with Crippen molar-refractivity contribution < 1.29 is 14.3 Å². The van der Waals surface area contributed by atoms with E-state index in [4.69, 9.17) is 0 Å². The number of fused-ring (bicyclic) bond motifs is 3. The van der Waals surface area contributed by atoms with Crippen molar-refractivity contribution in [2.75, 3.05) is 32.1 Å². The Morgan fingerprint density at radius 1 is 1.20 bits per heavy atom. The first-order chi connectivity index (χ1) is 14.5. The molecule has 0 aliphatic heterocycles. The molecule has 4 rings (SSSR count). The van der Waals surface area contributed by atoms with Crippen molar-refractivity contribution in [3.8, 4) is 11.3 Å². The van der Waals surface area contributed by atoms with E-state index in [2.05, 4.69) is 19.9 Å². The summed E-state index contributed by atoms with van der Waals surface area (Å²) in [5.41, 5.74) is 2.52. The van der Waals surface area contributed by atoms with Gasteiger partial charge in [0.25, 0.3) is 0 Å². The smallest absolute Gasteiger partial charge is 0.411 e. The van der Waals surface area contributed by atoms with E-state index < -0.39 is 11.9 Å². The van der Waals surface area contributed by atoms with Crippen LogP contribution in [0, 0.1) is 5.82 Å². The lowest BCUT2D eigenvalue weighted by molar-refractivity contribution is 0.201. The number of aromatic amines is 1. The minimum Gasteiger partial charge on any atom is -0.465 e. The van der Waals surface area contributed by atoms with E-state index in [9.17, 15) is 14.3 Å². The van der Waals surface area contributed by atoms with Crippen LogP contribution in [0.1, 0.15) is 6.42 Å². The number of hydrogen-bond donors (Lipinski definition) is 2. The third-order valence-corrected chi connectivity index (χ3v) is 4.88. The van der Waals surface area contributed by atoms with Gasteiger partial charge in [-0.3, -0.25) is 14.9 Å². The van der Waals surface area contributed by atoms with Gasteiger partial charge in [-0.05, 0) is 45.3 Å². The van der Waals surface area contributed by atoms with E-state index in [1.807, 2.05) is 25.1 Å². The second kappa shape index (κ2) is 8.03. The zero-order valence-electron chi connectivity index (χ0n) is 16.6. The number of hydrogen-bond acceptors (Lipinski definition) is 5. The van der Waals surface area contributed by atoms with Gasteiger partial charge >= 0.3 is 6.09 Å². The molecule has 9 heteroatoms. The second-order valence-corrected chi connectivity index (χ2v) is 7.25. The van der Waals surface area contributed by atoms with Crippen LogP contribution in [-0.4, -0.2) is 63.2 Å². The Bertz CT molecular complexity index is 1210. The van der Waals surface area contributed by atoms with Crippen molar-refractivity contribution >= 4 is 33.7 Å². The van der Waals surface area contributed by atoms with Gasteiger partial charge in [0, 0.05) is 29.9 Å². The van der Waals surface area contributed by atoms with E-state index >= 15 is 0 Å². The van der Waals surface area contributed by atoms with Crippen LogP contribution in [0.3, 0.4) is 0 Å². The molecule has 2 N–H and O–H groups in total. The summed E-state index contributed by atoms with van der Waals surface area (Å²) in [5.74, 6) is -0.685. The van der Waals surface area contributed by atoms with Gasteiger partial charge in [-0.2, -0.15) is 0 Å². The number of pyridine rings is 3. The molecular weight excluding hydrogens is 387 g/mol. The minimum atomic E-state index is -1.21. The van der Waals surface area contributed by atoms with Gasteiger partial charge in [-0.15, -0.1) is 0 Å². The highest BCUT2D eigenvalue weighted by molar-refractivity contribution is 6.15. The lowest BCUT2D eigenvalue weighted by Gasteiger charge is -2.21. The first-order valence-corrected chi connectivity index (χ1v) is 9.47. The van der Waals surface area contributed by atoms with Gasteiger partial charge in [0.05, 0.1) is 34.7 Å². The van der Waals surface area contributed by atoms with Crippen LogP contribution in [0.15, 0.2) is 43.0 Å². The SMILES string of the molecule is CN(C)CCCN(C(=O)O)c1c(F)cnc2[nH]c3cnc(-c4cccnc4)cc3c12. The Morgan fingerprint density at radius 2 is 2.03 bits per heavy atom. The maximum atomic E-state index is 14.9. The number of carboxylic acid groups (broad SMARTS) is 1. The summed E-state index contributed by atoms with van der Waals surface area (Å²) in [7, 11) is 3.81. The molecule has 0 aliphatic rings. The van der Waals surface area contributed by atoms with Gasteiger partial charge in [0.2, 0.25) is 0 Å². The van der Waals surface area contributed by atoms with E-state index in [-0.39, 0.29) is 12.2 Å². The molecule has 0 unspecified atom stereocenters. The number of rotatable bonds is 6. The average Bonchev–Trinajstić information content (AvgIpc) is 3.10. The number of H-pyrrole nitrogens is 1. The van der Waals surface area contributed by atoms with Gasteiger partial charge in [0.15, 0.2) is 5.82 Å². The number of nitrogens with zero attached hydrogens (tertiary/aromatic N) is 5. The maximum Gasteiger partial charge on any atom is 0.411 e. The molecule has 0 saturated heterocycles. The van der Waals surface area contributed by atoms with E-state index in [1.54, 1.807) is 30.7 Å². The molecule has 1 amide bonds. The van der Waals surface area contributed by atoms with Crippen molar-refractivity contribution in [3.63, 3.8) is 0 Å². The summed E-state index contributed by atoms with van der Waals surface area (Å²) in [6.45, 7) is 0.847. The first-order valence-electron chi connectivity index (χ1n) is 9.47. The fraction of sp³-hybridized carbons (Fsp3) is 0.238. The third kappa shape index (κ3) is 3.67. The fourth-order valence-corrected chi connectivity index (χ4v) is 3.50. The molecule has 0 atom stereocenters. The van der Waals surface area contributed by atoms with Crippen LogP contribution in [0.2, 0.25) is 0 Å². The summed E-state index contributed by atoms with van der Waals surface area (Å²) in [4.78, 5) is 30.8. The van der Waals surface area contributed by atoms with Gasteiger partial charge < -0.3 is 15.0 Å². The highest BCUT2D eigenvalue weighted by Crippen LogP contribution is 2.36. The van der Waals surface area contributed by atoms with Crippen LogP contribution in [0.25, 0.3) is 33.2 Å². The molecule has 4 aromatic heterocycles. The number of carbonyl (C=O) groups is 1. The van der Waals surface area contributed by atoms with E-state index in [1.165, 1.54) is 0 Å². The normalized spacial score (nSPS) is 11.5. The topological polar surface area (TPSA) is 98.2 Å². The Kier molecular flexibility index (Phi) is 5.28. The van der Waals surface area contributed by atoms with Crippen molar-refractivity contribution in [1.29, 1.82) is 0 Å². The van der Waals surface area contributed by atoms with Crippen molar-refractivity contribution in [2.24, 2.45) is 0 Å². The molecule has 8 nitrogen and oxygen atoms in total. The van der Waals surface area contributed by atoms with Crippen molar-refractivity contribution in [1.82, 2.24) is 24.8 Å². The fourth-order valence-electron chi connectivity index (χ4n) is 3.50. The number of halogens is 1. The van der Waals surface area contributed by atoms with Crippen molar-refractivity contribution in [2.45, 2.75) is 6.42 Å².